The Morgan fingerprint density at radius 2 is 2.47 bits per heavy atom. The van der Waals surface area contributed by atoms with Crippen molar-refractivity contribution in [1.82, 2.24) is 5.32 Å². The number of amides is 1. The number of nitrogens with one attached hydrogen (secondary N) is 1. The fraction of sp³-hybridized carbons (Fsp3) is 0.100. The van der Waals surface area contributed by atoms with Gasteiger partial charge in [-0.05, 0) is 28.1 Å². The quantitative estimate of drug-likeness (QED) is 0.942. The molecule has 1 N–H and O–H groups in total. The summed E-state index contributed by atoms with van der Waals surface area (Å²) in [7, 11) is 0. The summed E-state index contributed by atoms with van der Waals surface area (Å²) in [4.78, 5) is 12.6. The molecule has 2 aromatic rings. The molecule has 15 heavy (non-hydrogen) atoms. The molecule has 0 saturated carbocycles. The molecule has 0 aromatic carbocycles. The molecule has 0 spiro atoms. The van der Waals surface area contributed by atoms with E-state index in [1.165, 1.54) is 12.5 Å². The lowest BCUT2D eigenvalue weighted by molar-refractivity contribution is 0.0950. The fourth-order valence-corrected chi connectivity index (χ4v) is 2.50. The van der Waals surface area contributed by atoms with Crippen molar-refractivity contribution < 1.29 is 9.21 Å². The van der Waals surface area contributed by atoms with E-state index in [1.54, 1.807) is 17.4 Å². The van der Waals surface area contributed by atoms with Crippen molar-refractivity contribution in [3.05, 3.63) is 45.0 Å². The minimum atomic E-state index is -0.117. The Hall–Kier alpha value is -1.07. The zero-order valence-corrected chi connectivity index (χ0v) is 10.1. The number of thiophene rings is 1. The van der Waals surface area contributed by atoms with Crippen molar-refractivity contribution in [2.24, 2.45) is 0 Å². The van der Waals surface area contributed by atoms with Crippen LogP contribution in [0.1, 0.15) is 15.2 Å². The molecule has 5 heteroatoms. The topological polar surface area (TPSA) is 42.2 Å². The SMILES string of the molecule is O=C(NCc1cc(Br)cs1)c1ccoc1. The van der Waals surface area contributed by atoms with Crippen LogP contribution < -0.4 is 5.32 Å². The lowest BCUT2D eigenvalue weighted by atomic mass is 10.3. The second-order valence-electron chi connectivity index (χ2n) is 2.93. The third-order valence-electron chi connectivity index (χ3n) is 1.83. The molecule has 0 atom stereocenters. The second-order valence-corrected chi connectivity index (χ2v) is 4.84. The molecule has 0 aliphatic carbocycles. The Labute approximate surface area is 99.2 Å². The van der Waals surface area contributed by atoms with Crippen LogP contribution in [-0.4, -0.2) is 5.91 Å². The van der Waals surface area contributed by atoms with E-state index in [4.69, 9.17) is 4.42 Å². The number of rotatable bonds is 3. The van der Waals surface area contributed by atoms with Gasteiger partial charge in [0.25, 0.3) is 5.91 Å². The average Bonchev–Trinajstić information content (AvgIpc) is 2.84. The molecule has 1 amide bonds. The summed E-state index contributed by atoms with van der Waals surface area (Å²) >= 11 is 4.96. The van der Waals surface area contributed by atoms with Gasteiger partial charge in [0.2, 0.25) is 0 Å². The Morgan fingerprint density at radius 3 is 3.07 bits per heavy atom. The molecule has 78 valence electrons. The van der Waals surface area contributed by atoms with Crippen LogP contribution in [0.2, 0.25) is 0 Å². The van der Waals surface area contributed by atoms with E-state index in [1.807, 2.05) is 11.4 Å². The largest absolute Gasteiger partial charge is 0.472 e. The molecule has 0 unspecified atom stereocenters. The summed E-state index contributed by atoms with van der Waals surface area (Å²) in [5, 5.41) is 4.79. The maximum atomic E-state index is 11.5. The first-order valence-corrected chi connectivity index (χ1v) is 5.96. The predicted molar refractivity (Wildman–Crippen MR) is 61.9 cm³/mol. The van der Waals surface area contributed by atoms with Gasteiger partial charge in [0.05, 0.1) is 18.4 Å². The fourth-order valence-electron chi connectivity index (χ4n) is 1.11. The number of hydrogen-bond donors (Lipinski definition) is 1. The van der Waals surface area contributed by atoms with E-state index in [2.05, 4.69) is 21.2 Å². The van der Waals surface area contributed by atoms with Crippen LogP contribution >= 0.6 is 27.3 Å². The Kier molecular flexibility index (Phi) is 3.23. The number of carbonyl (C=O) groups is 1. The van der Waals surface area contributed by atoms with Crippen molar-refractivity contribution in [2.75, 3.05) is 0 Å². The maximum Gasteiger partial charge on any atom is 0.254 e. The van der Waals surface area contributed by atoms with Crippen LogP contribution in [-0.2, 0) is 6.54 Å². The highest BCUT2D eigenvalue weighted by Crippen LogP contribution is 2.19. The first-order chi connectivity index (χ1) is 7.25. The smallest absolute Gasteiger partial charge is 0.254 e. The van der Waals surface area contributed by atoms with Crippen molar-refractivity contribution in [3.8, 4) is 0 Å². The summed E-state index contributed by atoms with van der Waals surface area (Å²) in [6.45, 7) is 0.542. The first kappa shape index (κ1) is 10.4. The van der Waals surface area contributed by atoms with Crippen LogP contribution in [0.5, 0.6) is 0 Å². The summed E-state index contributed by atoms with van der Waals surface area (Å²) in [5.74, 6) is -0.117. The van der Waals surface area contributed by atoms with Gasteiger partial charge in [-0.3, -0.25) is 4.79 Å². The molecule has 0 aliphatic rings. The normalized spacial score (nSPS) is 10.2. The van der Waals surface area contributed by atoms with E-state index in [9.17, 15) is 4.79 Å². The molecular formula is C10H8BrNO2S. The van der Waals surface area contributed by atoms with Crippen LogP contribution in [0.25, 0.3) is 0 Å². The van der Waals surface area contributed by atoms with Gasteiger partial charge in [0, 0.05) is 14.7 Å². The lowest BCUT2D eigenvalue weighted by Crippen LogP contribution is -2.21. The van der Waals surface area contributed by atoms with Gasteiger partial charge in [-0.25, -0.2) is 0 Å². The van der Waals surface area contributed by atoms with Gasteiger partial charge in [-0.2, -0.15) is 0 Å². The minimum absolute atomic E-state index is 0.117. The molecule has 0 fully saturated rings. The van der Waals surface area contributed by atoms with Crippen molar-refractivity contribution in [1.29, 1.82) is 0 Å². The standard InChI is InChI=1S/C10H8BrNO2S/c11-8-3-9(15-6-8)4-12-10(13)7-1-2-14-5-7/h1-3,5-6H,4H2,(H,12,13). The third-order valence-corrected chi connectivity index (χ3v) is 3.53. The third kappa shape index (κ3) is 2.70. The first-order valence-electron chi connectivity index (χ1n) is 4.29. The highest BCUT2D eigenvalue weighted by molar-refractivity contribution is 9.10. The number of halogens is 1. The van der Waals surface area contributed by atoms with Gasteiger partial charge in [-0.1, -0.05) is 0 Å². The van der Waals surface area contributed by atoms with Crippen LogP contribution in [0, 0.1) is 0 Å². The van der Waals surface area contributed by atoms with E-state index < -0.39 is 0 Å². The van der Waals surface area contributed by atoms with E-state index in [0.29, 0.717) is 12.1 Å². The highest BCUT2D eigenvalue weighted by atomic mass is 79.9. The molecule has 2 heterocycles. The summed E-state index contributed by atoms with van der Waals surface area (Å²) in [6, 6.07) is 3.62. The lowest BCUT2D eigenvalue weighted by Gasteiger charge is -1.99. The van der Waals surface area contributed by atoms with Gasteiger partial charge < -0.3 is 9.73 Å². The van der Waals surface area contributed by atoms with Gasteiger partial charge in [0.1, 0.15) is 6.26 Å². The molecule has 0 aliphatic heterocycles. The minimum Gasteiger partial charge on any atom is -0.472 e. The molecule has 2 rings (SSSR count). The van der Waals surface area contributed by atoms with E-state index in [0.717, 1.165) is 9.35 Å². The zero-order chi connectivity index (χ0) is 10.7. The molecule has 0 bridgehead atoms. The predicted octanol–water partition coefficient (Wildman–Crippen LogP) is 3.03. The van der Waals surface area contributed by atoms with Gasteiger partial charge in [0.15, 0.2) is 0 Å². The highest BCUT2D eigenvalue weighted by Gasteiger charge is 2.06. The summed E-state index contributed by atoms with van der Waals surface area (Å²) in [6.07, 6.45) is 2.91. The van der Waals surface area contributed by atoms with Gasteiger partial charge >= 0.3 is 0 Å². The Balaban J connectivity index is 1.91. The zero-order valence-electron chi connectivity index (χ0n) is 7.70. The van der Waals surface area contributed by atoms with E-state index in [-0.39, 0.29) is 5.91 Å². The van der Waals surface area contributed by atoms with Crippen molar-refractivity contribution in [2.45, 2.75) is 6.54 Å². The van der Waals surface area contributed by atoms with Crippen LogP contribution in [0.4, 0.5) is 0 Å². The summed E-state index contributed by atoms with van der Waals surface area (Å²) < 4.78 is 5.87. The Bertz CT molecular complexity index is 450. The number of carbonyl (C=O) groups excluding carboxylic acids is 1. The monoisotopic (exact) mass is 285 g/mol. The molecular weight excluding hydrogens is 278 g/mol. The Morgan fingerprint density at radius 1 is 1.60 bits per heavy atom. The summed E-state index contributed by atoms with van der Waals surface area (Å²) in [5.41, 5.74) is 0.547. The molecule has 2 aromatic heterocycles. The van der Waals surface area contributed by atoms with Gasteiger partial charge in [-0.15, -0.1) is 11.3 Å². The maximum absolute atomic E-state index is 11.5. The second kappa shape index (κ2) is 4.63. The van der Waals surface area contributed by atoms with Crippen LogP contribution in [0.3, 0.4) is 0 Å². The van der Waals surface area contributed by atoms with E-state index >= 15 is 0 Å². The number of hydrogen-bond acceptors (Lipinski definition) is 3. The number of furan rings is 1. The molecule has 0 radical (unpaired) electrons. The molecule has 0 saturated heterocycles. The van der Waals surface area contributed by atoms with Crippen molar-refractivity contribution in [3.63, 3.8) is 0 Å². The average molecular weight is 286 g/mol. The van der Waals surface area contributed by atoms with Crippen molar-refractivity contribution >= 4 is 33.2 Å². The molecule has 3 nitrogen and oxygen atoms in total. The van der Waals surface area contributed by atoms with Crippen LogP contribution in [0.15, 0.2) is 38.9 Å².